The molecule has 0 aromatic heterocycles. The van der Waals surface area contributed by atoms with E-state index in [1.807, 2.05) is 33.8 Å². The molecule has 0 rings (SSSR count). The topological polar surface area (TPSA) is 53.0 Å². The zero-order chi connectivity index (χ0) is 11.3. The summed E-state index contributed by atoms with van der Waals surface area (Å²) in [6.07, 6.45) is 3.23. The normalized spacial score (nSPS) is 8.31. The maximum Gasteiger partial charge on any atom is 0.216 e. The zero-order valence-electron chi connectivity index (χ0n) is 9.56. The van der Waals surface area contributed by atoms with Gasteiger partial charge in [-0.15, -0.1) is 0 Å². The predicted molar refractivity (Wildman–Crippen MR) is 59.3 cm³/mol. The molecule has 2 N–H and O–H groups in total. The van der Waals surface area contributed by atoms with E-state index in [0.29, 0.717) is 0 Å². The number of carbonyl (C=O) groups is 1. The first-order valence-corrected chi connectivity index (χ1v) is 4.40. The molecule has 0 aliphatic carbocycles. The van der Waals surface area contributed by atoms with Crippen molar-refractivity contribution in [2.45, 2.75) is 34.6 Å². The largest absolute Gasteiger partial charge is 0.359 e. The van der Waals surface area contributed by atoms with Crippen LogP contribution in [0.4, 0.5) is 0 Å². The summed E-state index contributed by atoms with van der Waals surface area (Å²) >= 11 is 0. The second kappa shape index (κ2) is 17.1. The van der Waals surface area contributed by atoms with Crippen LogP contribution in [0.5, 0.6) is 0 Å². The van der Waals surface area contributed by atoms with Crippen molar-refractivity contribution in [3.05, 3.63) is 11.6 Å². The Labute approximate surface area is 81.7 Å². The quantitative estimate of drug-likeness (QED) is 0.607. The van der Waals surface area contributed by atoms with Crippen molar-refractivity contribution in [3.63, 3.8) is 0 Å². The molecule has 0 bridgehead atoms. The van der Waals surface area contributed by atoms with Gasteiger partial charge in [0.15, 0.2) is 0 Å². The molecule has 0 aliphatic rings. The van der Waals surface area contributed by atoms with Gasteiger partial charge in [0.05, 0.1) is 0 Å². The Kier molecular flexibility index (Phi) is 23.5. The number of hydrogen-bond acceptors (Lipinski definition) is 2. The molecule has 0 unspecified atom stereocenters. The summed E-state index contributed by atoms with van der Waals surface area (Å²) in [4.78, 5) is 9.70. The molecule has 1 amide bonds. The Balaban J connectivity index is -0.000000131. The molecule has 0 aromatic carbocycles. The minimum absolute atomic E-state index is 0.00463. The van der Waals surface area contributed by atoms with Crippen LogP contribution < -0.4 is 5.32 Å². The molecule has 0 radical (unpaired) electrons. The summed E-state index contributed by atoms with van der Waals surface area (Å²) in [5, 5.41) is 9.00. The van der Waals surface area contributed by atoms with Gasteiger partial charge in [0.1, 0.15) is 0 Å². The molecule has 0 spiro atoms. The van der Waals surface area contributed by atoms with E-state index in [1.165, 1.54) is 13.1 Å². The van der Waals surface area contributed by atoms with Crippen LogP contribution in [0.1, 0.15) is 34.6 Å². The first-order chi connectivity index (χ1) is 6.08. The number of allylic oxidation sites excluding steroid dienone is 2. The monoisotopic (exact) mass is 186 g/mol. The van der Waals surface area contributed by atoms with Crippen LogP contribution in [0, 0.1) is 5.41 Å². The third-order valence-electron chi connectivity index (χ3n) is 1.04. The molecule has 0 heterocycles. The van der Waals surface area contributed by atoms with Crippen LogP contribution in [0.3, 0.4) is 0 Å². The fraction of sp³-hybridized carbons (Fsp3) is 0.600. The zero-order valence-corrected chi connectivity index (χ0v) is 9.56. The highest BCUT2D eigenvalue weighted by atomic mass is 16.1. The maximum atomic E-state index is 9.70. The van der Waals surface area contributed by atoms with E-state index in [-0.39, 0.29) is 5.91 Å². The number of hydrogen-bond donors (Lipinski definition) is 2. The van der Waals surface area contributed by atoms with Crippen molar-refractivity contribution in [1.82, 2.24) is 5.32 Å². The Hall–Kier alpha value is -1.12. The molecule has 0 atom stereocenters. The standard InChI is InChI=1S/C5H9N.C3H7NO.C2H6/c1-3-5(2)4-6;1-3(5)4-2;1-2/h3-4,6H,1-2H3;1-2H3,(H,4,5);1-2H3/b5-3-,6-4?;;. The van der Waals surface area contributed by atoms with Crippen molar-refractivity contribution < 1.29 is 4.79 Å². The summed E-state index contributed by atoms with van der Waals surface area (Å²) in [5.74, 6) is 0.00463. The first-order valence-electron chi connectivity index (χ1n) is 4.40. The fourth-order valence-corrected chi connectivity index (χ4v) is 0.0833. The van der Waals surface area contributed by atoms with E-state index in [0.717, 1.165) is 5.57 Å². The Morgan fingerprint density at radius 3 is 1.62 bits per heavy atom. The predicted octanol–water partition coefficient (Wildman–Crippen LogP) is 2.38. The molecule has 3 heteroatoms. The van der Waals surface area contributed by atoms with E-state index in [9.17, 15) is 4.79 Å². The van der Waals surface area contributed by atoms with Crippen molar-refractivity contribution >= 4 is 12.1 Å². The lowest BCUT2D eigenvalue weighted by atomic mass is 10.3. The third kappa shape index (κ3) is 36.0. The molecule has 0 aromatic rings. The highest BCUT2D eigenvalue weighted by molar-refractivity contribution is 5.74. The average Bonchev–Trinajstić information content (AvgIpc) is 2.20. The van der Waals surface area contributed by atoms with Gasteiger partial charge in [0, 0.05) is 20.2 Å². The van der Waals surface area contributed by atoms with Gasteiger partial charge in [-0.05, 0) is 19.4 Å². The first kappa shape index (κ1) is 17.8. The minimum atomic E-state index is 0.00463. The van der Waals surface area contributed by atoms with E-state index in [4.69, 9.17) is 5.41 Å². The van der Waals surface area contributed by atoms with E-state index in [1.54, 1.807) is 7.05 Å². The average molecular weight is 186 g/mol. The minimum Gasteiger partial charge on any atom is -0.359 e. The van der Waals surface area contributed by atoms with Crippen LogP contribution in [-0.4, -0.2) is 19.2 Å². The van der Waals surface area contributed by atoms with Crippen molar-refractivity contribution in [3.8, 4) is 0 Å². The molecule has 0 fully saturated rings. The van der Waals surface area contributed by atoms with E-state index >= 15 is 0 Å². The molecule has 3 nitrogen and oxygen atoms in total. The van der Waals surface area contributed by atoms with Gasteiger partial charge in [-0.1, -0.05) is 19.9 Å². The van der Waals surface area contributed by atoms with Gasteiger partial charge in [-0.2, -0.15) is 0 Å². The Morgan fingerprint density at radius 2 is 1.62 bits per heavy atom. The van der Waals surface area contributed by atoms with Crippen molar-refractivity contribution in [1.29, 1.82) is 5.41 Å². The number of nitrogens with one attached hydrogen (secondary N) is 2. The second-order valence-electron chi connectivity index (χ2n) is 1.98. The smallest absolute Gasteiger partial charge is 0.216 e. The molecule has 0 saturated heterocycles. The van der Waals surface area contributed by atoms with Crippen molar-refractivity contribution in [2.75, 3.05) is 7.05 Å². The Bertz CT molecular complexity index is 151. The number of carbonyl (C=O) groups excluding carboxylic acids is 1. The van der Waals surface area contributed by atoms with Crippen LogP contribution in [0.25, 0.3) is 0 Å². The summed E-state index contributed by atoms with van der Waals surface area (Å²) < 4.78 is 0. The fourth-order valence-electron chi connectivity index (χ4n) is 0.0833. The lowest BCUT2D eigenvalue weighted by Crippen LogP contribution is -2.11. The number of amides is 1. The van der Waals surface area contributed by atoms with E-state index in [2.05, 4.69) is 5.32 Å². The van der Waals surface area contributed by atoms with Gasteiger partial charge >= 0.3 is 0 Å². The van der Waals surface area contributed by atoms with Crippen molar-refractivity contribution in [2.24, 2.45) is 0 Å². The number of rotatable bonds is 1. The molecular weight excluding hydrogens is 164 g/mol. The summed E-state index contributed by atoms with van der Waals surface area (Å²) in [5.41, 5.74) is 1.01. The summed E-state index contributed by atoms with van der Waals surface area (Å²) in [6, 6.07) is 0. The van der Waals surface area contributed by atoms with Crippen LogP contribution in [0.2, 0.25) is 0 Å². The Morgan fingerprint density at radius 1 is 1.31 bits per heavy atom. The summed E-state index contributed by atoms with van der Waals surface area (Å²) in [6.45, 7) is 9.29. The molecular formula is C10H22N2O. The molecule has 0 saturated carbocycles. The van der Waals surface area contributed by atoms with Gasteiger partial charge in [-0.3, -0.25) is 4.79 Å². The molecule has 0 aliphatic heterocycles. The third-order valence-corrected chi connectivity index (χ3v) is 1.04. The van der Waals surface area contributed by atoms with Gasteiger partial charge in [-0.25, -0.2) is 0 Å². The van der Waals surface area contributed by atoms with Crippen LogP contribution >= 0.6 is 0 Å². The van der Waals surface area contributed by atoms with Gasteiger partial charge in [0.2, 0.25) is 5.91 Å². The SMILES string of the molecule is C/C=C(/C)C=N.CC.CNC(C)=O. The highest BCUT2D eigenvalue weighted by Crippen LogP contribution is 1.80. The maximum absolute atomic E-state index is 9.70. The van der Waals surface area contributed by atoms with E-state index < -0.39 is 0 Å². The van der Waals surface area contributed by atoms with Crippen LogP contribution in [-0.2, 0) is 4.79 Å². The second-order valence-corrected chi connectivity index (χ2v) is 1.98. The van der Waals surface area contributed by atoms with Gasteiger partial charge < -0.3 is 10.7 Å². The highest BCUT2D eigenvalue weighted by Gasteiger charge is 1.72. The van der Waals surface area contributed by atoms with Gasteiger partial charge in [0.25, 0.3) is 0 Å². The lowest BCUT2D eigenvalue weighted by Gasteiger charge is -1.80. The van der Waals surface area contributed by atoms with Crippen LogP contribution in [0.15, 0.2) is 11.6 Å². The lowest BCUT2D eigenvalue weighted by molar-refractivity contribution is -0.118. The molecule has 78 valence electrons. The summed E-state index contributed by atoms with van der Waals surface area (Å²) in [7, 11) is 1.60. The molecule has 13 heavy (non-hydrogen) atoms.